The van der Waals surface area contributed by atoms with Crippen LogP contribution in [0.3, 0.4) is 0 Å². The molecule has 0 amide bonds. The molecule has 2 aromatic carbocycles. The molecule has 0 spiro atoms. The molecule has 0 fully saturated rings. The first kappa shape index (κ1) is 13.9. The minimum atomic E-state index is -0.225. The smallest absolute Gasteiger partial charge is 0.134 e. The second-order valence-electron chi connectivity index (χ2n) is 4.46. The van der Waals surface area contributed by atoms with Gasteiger partial charge >= 0.3 is 0 Å². The van der Waals surface area contributed by atoms with E-state index >= 15 is 0 Å². The van der Waals surface area contributed by atoms with E-state index in [9.17, 15) is 0 Å². The van der Waals surface area contributed by atoms with Crippen LogP contribution in [0, 0.1) is 3.57 Å². The molecule has 5 heteroatoms. The van der Waals surface area contributed by atoms with Gasteiger partial charge in [0, 0.05) is 8.96 Å². The Hall–Kier alpha value is -1.08. The van der Waals surface area contributed by atoms with Crippen LogP contribution in [0.1, 0.15) is 17.4 Å². The van der Waals surface area contributed by atoms with Gasteiger partial charge in [-0.3, -0.25) is 5.84 Å². The summed E-state index contributed by atoms with van der Waals surface area (Å²) in [5.41, 5.74) is 4.60. The van der Waals surface area contributed by atoms with E-state index < -0.39 is 0 Å². The average molecular weight is 399 g/mol. The molecule has 3 rings (SSSR count). The molecule has 0 radical (unpaired) electrons. The van der Waals surface area contributed by atoms with E-state index in [1.165, 1.54) is 0 Å². The Morgan fingerprint density at radius 1 is 1.15 bits per heavy atom. The first-order valence-corrected chi connectivity index (χ1v) is 7.54. The number of rotatable bonds is 3. The van der Waals surface area contributed by atoms with Gasteiger partial charge in [0.2, 0.25) is 0 Å². The molecule has 0 saturated carbocycles. The second-order valence-corrected chi connectivity index (χ2v) is 6.03. The maximum absolute atomic E-state index is 6.17. The Morgan fingerprint density at radius 2 is 1.95 bits per heavy atom. The predicted octanol–water partition coefficient (Wildman–Crippen LogP) is 4.24. The number of nitrogens with one attached hydrogen (secondary N) is 1. The van der Waals surface area contributed by atoms with Gasteiger partial charge in [0.25, 0.3) is 0 Å². The van der Waals surface area contributed by atoms with Gasteiger partial charge in [-0.05, 0) is 52.4 Å². The number of hydrazine groups is 1. The quantitative estimate of drug-likeness (QED) is 0.394. The Kier molecular flexibility index (Phi) is 3.98. The number of halogens is 2. The summed E-state index contributed by atoms with van der Waals surface area (Å²) in [5, 5.41) is 1.76. The molecule has 1 atom stereocenters. The molecule has 0 aliphatic heterocycles. The minimum absolute atomic E-state index is 0.225. The number of hydrogen-bond donors (Lipinski definition) is 2. The fraction of sp³-hybridized carbons (Fsp3) is 0.0667. The average Bonchev–Trinajstić information content (AvgIpc) is 2.87. The topological polar surface area (TPSA) is 51.2 Å². The summed E-state index contributed by atoms with van der Waals surface area (Å²) in [6, 6.07) is 15.5. The summed E-state index contributed by atoms with van der Waals surface area (Å²) in [4.78, 5) is 0. The third-order valence-corrected chi connectivity index (χ3v) is 4.74. The summed E-state index contributed by atoms with van der Waals surface area (Å²) >= 11 is 8.37. The fourth-order valence-corrected chi connectivity index (χ4v) is 2.70. The molecule has 102 valence electrons. The van der Waals surface area contributed by atoms with Gasteiger partial charge in [-0.2, -0.15) is 0 Å². The normalized spacial score (nSPS) is 12.8. The fourth-order valence-electron chi connectivity index (χ4n) is 2.18. The number of hydrogen-bond acceptors (Lipinski definition) is 3. The highest BCUT2D eigenvalue weighted by molar-refractivity contribution is 14.1. The van der Waals surface area contributed by atoms with E-state index in [0.717, 1.165) is 25.9 Å². The summed E-state index contributed by atoms with van der Waals surface area (Å²) in [6.07, 6.45) is 0. The number of nitrogens with two attached hydrogens (primary N) is 1. The van der Waals surface area contributed by atoms with Crippen molar-refractivity contribution >= 4 is 45.2 Å². The summed E-state index contributed by atoms with van der Waals surface area (Å²) in [7, 11) is 0. The van der Waals surface area contributed by atoms with Gasteiger partial charge in [0.05, 0.1) is 5.02 Å². The van der Waals surface area contributed by atoms with Crippen molar-refractivity contribution in [2.75, 3.05) is 0 Å². The molecule has 3 aromatic rings. The summed E-state index contributed by atoms with van der Waals surface area (Å²) < 4.78 is 6.87. The molecule has 0 saturated heterocycles. The molecule has 20 heavy (non-hydrogen) atoms. The molecule has 0 aliphatic rings. The van der Waals surface area contributed by atoms with Gasteiger partial charge in [-0.25, -0.2) is 5.43 Å². The van der Waals surface area contributed by atoms with Crippen LogP contribution in [0.25, 0.3) is 11.0 Å². The Labute approximate surface area is 135 Å². The summed E-state index contributed by atoms with van der Waals surface area (Å²) in [5.74, 6) is 6.46. The van der Waals surface area contributed by atoms with E-state index in [1.807, 2.05) is 48.5 Å². The lowest BCUT2D eigenvalue weighted by Crippen LogP contribution is -2.28. The van der Waals surface area contributed by atoms with Crippen LogP contribution in [-0.4, -0.2) is 0 Å². The molecule has 1 heterocycles. The number of furan rings is 1. The Balaban J connectivity index is 2.06. The van der Waals surface area contributed by atoms with Gasteiger partial charge < -0.3 is 4.42 Å². The van der Waals surface area contributed by atoms with Crippen molar-refractivity contribution in [1.29, 1.82) is 0 Å². The summed E-state index contributed by atoms with van der Waals surface area (Å²) in [6.45, 7) is 0. The molecule has 1 unspecified atom stereocenters. The number of para-hydroxylation sites is 1. The zero-order valence-corrected chi connectivity index (χ0v) is 13.4. The Morgan fingerprint density at radius 3 is 2.65 bits per heavy atom. The van der Waals surface area contributed by atoms with Gasteiger partial charge in [0.15, 0.2) is 0 Å². The number of fused-ring (bicyclic) bond motifs is 1. The van der Waals surface area contributed by atoms with Crippen molar-refractivity contribution in [3.8, 4) is 0 Å². The van der Waals surface area contributed by atoms with E-state index in [0.29, 0.717) is 5.02 Å². The molecule has 0 bridgehead atoms. The zero-order chi connectivity index (χ0) is 14.1. The van der Waals surface area contributed by atoms with Crippen LogP contribution >= 0.6 is 34.2 Å². The van der Waals surface area contributed by atoms with Crippen molar-refractivity contribution in [3.05, 3.63) is 68.4 Å². The number of benzene rings is 2. The second kappa shape index (κ2) is 5.73. The highest BCUT2D eigenvalue weighted by Gasteiger charge is 2.18. The van der Waals surface area contributed by atoms with Crippen molar-refractivity contribution < 1.29 is 4.42 Å². The van der Waals surface area contributed by atoms with Crippen LogP contribution in [-0.2, 0) is 0 Å². The van der Waals surface area contributed by atoms with E-state index in [1.54, 1.807) is 0 Å². The van der Waals surface area contributed by atoms with E-state index in [-0.39, 0.29) is 6.04 Å². The SMILES string of the molecule is NNC(c1ccc(I)c(Cl)c1)c1cc2ccccc2o1. The van der Waals surface area contributed by atoms with E-state index in [4.69, 9.17) is 21.9 Å². The molecular formula is C15H12ClIN2O. The van der Waals surface area contributed by atoms with Gasteiger partial charge in [-0.1, -0.05) is 35.9 Å². The maximum Gasteiger partial charge on any atom is 0.134 e. The molecule has 0 aliphatic carbocycles. The van der Waals surface area contributed by atoms with Crippen molar-refractivity contribution in [3.63, 3.8) is 0 Å². The lowest BCUT2D eigenvalue weighted by atomic mass is 10.1. The monoisotopic (exact) mass is 398 g/mol. The van der Waals surface area contributed by atoms with Crippen molar-refractivity contribution in [2.45, 2.75) is 6.04 Å². The lowest BCUT2D eigenvalue weighted by molar-refractivity contribution is 0.477. The lowest BCUT2D eigenvalue weighted by Gasteiger charge is -2.14. The molecule has 3 nitrogen and oxygen atoms in total. The van der Waals surface area contributed by atoms with Crippen LogP contribution in [0.4, 0.5) is 0 Å². The largest absolute Gasteiger partial charge is 0.459 e. The molecule has 3 N–H and O–H groups in total. The molecule has 1 aromatic heterocycles. The van der Waals surface area contributed by atoms with Gasteiger partial charge in [-0.15, -0.1) is 0 Å². The van der Waals surface area contributed by atoms with E-state index in [2.05, 4.69) is 28.0 Å². The molecular weight excluding hydrogens is 387 g/mol. The van der Waals surface area contributed by atoms with Crippen LogP contribution in [0.5, 0.6) is 0 Å². The van der Waals surface area contributed by atoms with Gasteiger partial charge in [0.1, 0.15) is 17.4 Å². The standard InChI is InChI=1S/C15H12ClIN2O/c16-11-7-10(5-6-12(11)17)15(19-18)14-8-9-3-1-2-4-13(9)20-14/h1-8,15,19H,18H2. The highest BCUT2D eigenvalue weighted by Crippen LogP contribution is 2.30. The third-order valence-electron chi connectivity index (χ3n) is 3.17. The third kappa shape index (κ3) is 2.56. The highest BCUT2D eigenvalue weighted by atomic mass is 127. The van der Waals surface area contributed by atoms with Crippen LogP contribution in [0.2, 0.25) is 5.02 Å². The Bertz CT molecular complexity index is 723. The maximum atomic E-state index is 6.17. The first-order valence-electron chi connectivity index (χ1n) is 6.08. The van der Waals surface area contributed by atoms with Crippen LogP contribution in [0.15, 0.2) is 52.9 Å². The van der Waals surface area contributed by atoms with Crippen molar-refractivity contribution in [2.24, 2.45) is 5.84 Å². The first-order chi connectivity index (χ1) is 9.69. The van der Waals surface area contributed by atoms with Crippen LogP contribution < -0.4 is 11.3 Å². The minimum Gasteiger partial charge on any atom is -0.459 e. The predicted molar refractivity (Wildman–Crippen MR) is 89.5 cm³/mol. The zero-order valence-electron chi connectivity index (χ0n) is 10.4. The van der Waals surface area contributed by atoms with Crippen molar-refractivity contribution in [1.82, 2.24) is 5.43 Å².